The summed E-state index contributed by atoms with van der Waals surface area (Å²) in [6.07, 6.45) is 3.89. The maximum absolute atomic E-state index is 3.63. The summed E-state index contributed by atoms with van der Waals surface area (Å²) in [6.45, 7) is 3.39. The molecule has 0 amide bonds. The van der Waals surface area contributed by atoms with Gasteiger partial charge >= 0.3 is 0 Å². The number of nitrogens with one attached hydrogen (secondary N) is 2. The summed E-state index contributed by atoms with van der Waals surface area (Å²) in [5.41, 5.74) is 1.42. The fourth-order valence-electron chi connectivity index (χ4n) is 1.88. The third-order valence-corrected chi connectivity index (χ3v) is 3.48. The topological polar surface area (TPSA) is 24.1 Å². The minimum atomic E-state index is 0.713. The van der Waals surface area contributed by atoms with Gasteiger partial charge in [-0.1, -0.05) is 0 Å². The maximum atomic E-state index is 3.63. The first-order valence-electron chi connectivity index (χ1n) is 5.40. The molecule has 1 aliphatic heterocycles. The van der Waals surface area contributed by atoms with Crippen molar-refractivity contribution in [3.05, 3.63) is 22.4 Å². The van der Waals surface area contributed by atoms with E-state index in [-0.39, 0.29) is 0 Å². The fourth-order valence-corrected chi connectivity index (χ4v) is 2.55. The molecule has 1 saturated heterocycles. The zero-order valence-electron chi connectivity index (χ0n) is 8.46. The van der Waals surface area contributed by atoms with Crippen molar-refractivity contribution in [2.45, 2.75) is 31.8 Å². The maximum Gasteiger partial charge on any atom is 0.0216 e. The molecule has 0 aliphatic carbocycles. The molecule has 2 heterocycles. The largest absolute Gasteiger partial charge is 0.317 e. The molecule has 1 aromatic heterocycles. The average Bonchev–Trinajstić information content (AvgIpc) is 2.58. The van der Waals surface area contributed by atoms with Crippen LogP contribution in [-0.4, -0.2) is 19.1 Å². The van der Waals surface area contributed by atoms with Crippen molar-refractivity contribution in [1.82, 2.24) is 10.6 Å². The summed E-state index contributed by atoms with van der Waals surface area (Å²) in [5.74, 6) is 0. The van der Waals surface area contributed by atoms with Crippen LogP contribution in [0.3, 0.4) is 0 Å². The molecule has 1 unspecified atom stereocenters. The van der Waals surface area contributed by atoms with E-state index in [0.717, 1.165) is 6.54 Å². The van der Waals surface area contributed by atoms with E-state index in [2.05, 4.69) is 27.5 Å². The Labute approximate surface area is 89.7 Å². The van der Waals surface area contributed by atoms with E-state index >= 15 is 0 Å². The molecule has 0 spiro atoms. The first-order chi connectivity index (χ1) is 6.95. The lowest BCUT2D eigenvalue weighted by molar-refractivity contribution is 0.469. The molecule has 1 aliphatic rings. The molecule has 3 heteroatoms. The SMILES string of the molecule is c1cc(CNC2CCCNCC2)cs1. The highest BCUT2D eigenvalue weighted by molar-refractivity contribution is 7.07. The summed E-state index contributed by atoms with van der Waals surface area (Å²) >= 11 is 1.78. The molecule has 0 saturated carbocycles. The Hall–Kier alpha value is -0.380. The second-order valence-corrected chi connectivity index (χ2v) is 4.67. The van der Waals surface area contributed by atoms with E-state index in [9.17, 15) is 0 Å². The van der Waals surface area contributed by atoms with Crippen molar-refractivity contribution in [2.75, 3.05) is 13.1 Å². The van der Waals surface area contributed by atoms with Crippen LogP contribution in [-0.2, 0) is 6.54 Å². The van der Waals surface area contributed by atoms with Gasteiger partial charge in [-0.25, -0.2) is 0 Å². The van der Waals surface area contributed by atoms with Gasteiger partial charge in [0.1, 0.15) is 0 Å². The van der Waals surface area contributed by atoms with Crippen LogP contribution < -0.4 is 10.6 Å². The summed E-state index contributed by atoms with van der Waals surface area (Å²) in [4.78, 5) is 0. The minimum Gasteiger partial charge on any atom is -0.317 e. The fraction of sp³-hybridized carbons (Fsp3) is 0.636. The van der Waals surface area contributed by atoms with Crippen molar-refractivity contribution >= 4 is 11.3 Å². The molecule has 14 heavy (non-hydrogen) atoms. The van der Waals surface area contributed by atoms with Gasteiger partial charge in [0.25, 0.3) is 0 Å². The third kappa shape index (κ3) is 3.08. The first kappa shape index (κ1) is 10.1. The Morgan fingerprint density at radius 2 is 2.43 bits per heavy atom. The van der Waals surface area contributed by atoms with Gasteiger partial charge in [0.15, 0.2) is 0 Å². The standard InChI is InChI=1S/C11H18N2S/c1-2-11(3-6-12-5-1)13-8-10-4-7-14-9-10/h4,7,9,11-13H,1-3,5-6,8H2. The van der Waals surface area contributed by atoms with Gasteiger partial charge in [0.05, 0.1) is 0 Å². The van der Waals surface area contributed by atoms with Gasteiger partial charge < -0.3 is 10.6 Å². The lowest BCUT2D eigenvalue weighted by Gasteiger charge is -2.14. The number of thiophene rings is 1. The third-order valence-electron chi connectivity index (χ3n) is 2.75. The Kier molecular flexibility index (Phi) is 3.98. The van der Waals surface area contributed by atoms with E-state index in [0.29, 0.717) is 6.04 Å². The molecule has 2 N–H and O–H groups in total. The van der Waals surface area contributed by atoms with Crippen molar-refractivity contribution in [3.63, 3.8) is 0 Å². The Morgan fingerprint density at radius 3 is 3.29 bits per heavy atom. The molecule has 1 aromatic rings. The zero-order valence-corrected chi connectivity index (χ0v) is 9.28. The zero-order chi connectivity index (χ0) is 9.64. The van der Waals surface area contributed by atoms with E-state index in [1.54, 1.807) is 11.3 Å². The van der Waals surface area contributed by atoms with Crippen molar-refractivity contribution in [2.24, 2.45) is 0 Å². The molecule has 2 nitrogen and oxygen atoms in total. The highest BCUT2D eigenvalue weighted by Crippen LogP contribution is 2.09. The van der Waals surface area contributed by atoms with Gasteiger partial charge in [0, 0.05) is 12.6 Å². The van der Waals surface area contributed by atoms with Gasteiger partial charge in [-0.15, -0.1) is 0 Å². The number of hydrogen-bond donors (Lipinski definition) is 2. The lowest BCUT2D eigenvalue weighted by Crippen LogP contribution is -2.29. The second kappa shape index (κ2) is 5.49. The predicted octanol–water partition coefficient (Wildman–Crippen LogP) is 1.98. The quantitative estimate of drug-likeness (QED) is 0.797. The van der Waals surface area contributed by atoms with Crippen molar-refractivity contribution in [3.8, 4) is 0 Å². The van der Waals surface area contributed by atoms with Crippen LogP contribution in [0, 0.1) is 0 Å². The molecular formula is C11H18N2S. The van der Waals surface area contributed by atoms with E-state index < -0.39 is 0 Å². The number of hydrogen-bond acceptors (Lipinski definition) is 3. The van der Waals surface area contributed by atoms with Crippen molar-refractivity contribution in [1.29, 1.82) is 0 Å². The molecular weight excluding hydrogens is 192 g/mol. The smallest absolute Gasteiger partial charge is 0.0216 e. The predicted molar refractivity (Wildman–Crippen MR) is 61.7 cm³/mol. The van der Waals surface area contributed by atoms with E-state index in [4.69, 9.17) is 0 Å². The highest BCUT2D eigenvalue weighted by Gasteiger charge is 2.10. The van der Waals surface area contributed by atoms with Crippen LogP contribution >= 0.6 is 11.3 Å². The average molecular weight is 210 g/mol. The van der Waals surface area contributed by atoms with Crippen LogP contribution in [0.15, 0.2) is 16.8 Å². The normalized spacial score (nSPS) is 23.3. The summed E-state index contributed by atoms with van der Waals surface area (Å²) < 4.78 is 0. The monoisotopic (exact) mass is 210 g/mol. The van der Waals surface area contributed by atoms with E-state index in [1.165, 1.54) is 37.9 Å². The number of rotatable bonds is 3. The van der Waals surface area contributed by atoms with Gasteiger partial charge in [-0.3, -0.25) is 0 Å². The Balaban J connectivity index is 1.73. The Bertz CT molecular complexity index is 238. The van der Waals surface area contributed by atoms with Gasteiger partial charge in [-0.2, -0.15) is 11.3 Å². The van der Waals surface area contributed by atoms with Crippen LogP contribution in [0.4, 0.5) is 0 Å². The minimum absolute atomic E-state index is 0.713. The molecule has 78 valence electrons. The van der Waals surface area contributed by atoms with Crippen LogP contribution in [0.2, 0.25) is 0 Å². The summed E-state index contributed by atoms with van der Waals surface area (Å²) in [5, 5.41) is 11.4. The summed E-state index contributed by atoms with van der Waals surface area (Å²) in [7, 11) is 0. The molecule has 0 aromatic carbocycles. The first-order valence-corrected chi connectivity index (χ1v) is 6.34. The highest BCUT2D eigenvalue weighted by atomic mass is 32.1. The van der Waals surface area contributed by atoms with Crippen LogP contribution in [0.5, 0.6) is 0 Å². The lowest BCUT2D eigenvalue weighted by atomic mass is 10.1. The van der Waals surface area contributed by atoms with Crippen LogP contribution in [0.1, 0.15) is 24.8 Å². The second-order valence-electron chi connectivity index (χ2n) is 3.89. The molecule has 1 atom stereocenters. The molecule has 2 rings (SSSR count). The van der Waals surface area contributed by atoms with Gasteiger partial charge in [0.2, 0.25) is 0 Å². The van der Waals surface area contributed by atoms with Crippen LogP contribution in [0.25, 0.3) is 0 Å². The molecule has 0 radical (unpaired) electrons. The van der Waals surface area contributed by atoms with Gasteiger partial charge in [-0.05, 0) is 54.7 Å². The summed E-state index contributed by atoms with van der Waals surface area (Å²) in [6, 6.07) is 2.91. The van der Waals surface area contributed by atoms with E-state index in [1.807, 2.05) is 0 Å². The van der Waals surface area contributed by atoms with Crippen molar-refractivity contribution < 1.29 is 0 Å². The molecule has 1 fully saturated rings. The Morgan fingerprint density at radius 1 is 1.43 bits per heavy atom. The molecule has 0 bridgehead atoms.